The lowest BCUT2D eigenvalue weighted by Crippen LogP contribution is -2.36. The van der Waals surface area contributed by atoms with Gasteiger partial charge in [-0.05, 0) is 26.3 Å². The highest BCUT2D eigenvalue weighted by atomic mass is 32.1. The van der Waals surface area contributed by atoms with Gasteiger partial charge in [0.25, 0.3) is 0 Å². The van der Waals surface area contributed by atoms with Crippen LogP contribution in [-0.2, 0) is 11.3 Å². The molecular formula is C13H18N4OS. The first-order valence-electron chi connectivity index (χ1n) is 6.54. The van der Waals surface area contributed by atoms with Crippen molar-refractivity contribution in [1.82, 2.24) is 9.88 Å². The van der Waals surface area contributed by atoms with Crippen molar-refractivity contribution < 1.29 is 4.79 Å². The summed E-state index contributed by atoms with van der Waals surface area (Å²) >= 11 is 1.49. The second kappa shape index (κ2) is 6.64. The molecule has 2 heterocycles. The van der Waals surface area contributed by atoms with Gasteiger partial charge in [-0.2, -0.15) is 5.26 Å². The Labute approximate surface area is 117 Å². The molecular weight excluding hydrogens is 260 g/mol. The lowest BCUT2D eigenvalue weighted by atomic mass is 10.0. The molecule has 1 atom stereocenters. The Morgan fingerprint density at radius 1 is 1.68 bits per heavy atom. The molecule has 1 fully saturated rings. The van der Waals surface area contributed by atoms with E-state index in [9.17, 15) is 4.79 Å². The second-order valence-electron chi connectivity index (χ2n) is 4.83. The van der Waals surface area contributed by atoms with E-state index in [2.05, 4.69) is 22.1 Å². The van der Waals surface area contributed by atoms with Gasteiger partial charge < -0.3 is 5.32 Å². The third-order valence-corrected chi connectivity index (χ3v) is 4.24. The van der Waals surface area contributed by atoms with Crippen molar-refractivity contribution in [2.24, 2.45) is 0 Å². The van der Waals surface area contributed by atoms with E-state index >= 15 is 0 Å². The molecule has 0 aliphatic carbocycles. The molecule has 0 aromatic carbocycles. The van der Waals surface area contributed by atoms with Gasteiger partial charge in [0.1, 0.15) is 6.42 Å². The molecule has 1 unspecified atom stereocenters. The van der Waals surface area contributed by atoms with Gasteiger partial charge in [0.15, 0.2) is 5.13 Å². The molecule has 1 N–H and O–H groups in total. The van der Waals surface area contributed by atoms with Crippen LogP contribution in [0.5, 0.6) is 0 Å². The van der Waals surface area contributed by atoms with Crippen molar-refractivity contribution in [3.63, 3.8) is 0 Å². The number of nitriles is 1. The van der Waals surface area contributed by atoms with E-state index in [1.807, 2.05) is 12.3 Å². The van der Waals surface area contributed by atoms with Crippen LogP contribution in [0.15, 0.2) is 6.20 Å². The molecule has 1 aliphatic rings. The summed E-state index contributed by atoms with van der Waals surface area (Å²) in [4.78, 5) is 19.1. The van der Waals surface area contributed by atoms with Crippen LogP contribution in [0.25, 0.3) is 0 Å². The molecule has 102 valence electrons. The quantitative estimate of drug-likeness (QED) is 0.918. The first-order chi connectivity index (χ1) is 9.19. The summed E-state index contributed by atoms with van der Waals surface area (Å²) < 4.78 is 0. The van der Waals surface area contributed by atoms with Crippen LogP contribution < -0.4 is 5.32 Å². The molecule has 19 heavy (non-hydrogen) atoms. The maximum absolute atomic E-state index is 11.3. The smallest absolute Gasteiger partial charge is 0.240 e. The van der Waals surface area contributed by atoms with E-state index in [4.69, 9.17) is 5.26 Å². The molecule has 5 nitrogen and oxygen atoms in total. The summed E-state index contributed by atoms with van der Waals surface area (Å²) in [5.41, 5.74) is 0. The molecule has 1 amide bonds. The maximum atomic E-state index is 11.3. The fraction of sp³-hybridized carbons (Fsp3) is 0.615. The fourth-order valence-corrected chi connectivity index (χ4v) is 3.12. The van der Waals surface area contributed by atoms with Crippen LogP contribution in [0.1, 0.15) is 37.5 Å². The number of carbonyl (C=O) groups is 1. The Morgan fingerprint density at radius 3 is 3.26 bits per heavy atom. The number of piperidine rings is 1. The number of aromatic nitrogens is 1. The highest BCUT2D eigenvalue weighted by molar-refractivity contribution is 7.15. The largest absolute Gasteiger partial charge is 0.301 e. The molecule has 0 saturated carbocycles. The summed E-state index contributed by atoms with van der Waals surface area (Å²) in [6, 6.07) is 2.44. The zero-order valence-electron chi connectivity index (χ0n) is 11.1. The van der Waals surface area contributed by atoms with Gasteiger partial charge in [-0.1, -0.05) is 6.42 Å². The topological polar surface area (TPSA) is 69.0 Å². The molecule has 0 bridgehead atoms. The Balaban J connectivity index is 1.90. The Morgan fingerprint density at radius 2 is 2.53 bits per heavy atom. The molecule has 1 aromatic heterocycles. The van der Waals surface area contributed by atoms with Crippen molar-refractivity contribution in [2.75, 3.05) is 11.9 Å². The number of anilines is 1. The Bertz CT molecular complexity index is 479. The summed E-state index contributed by atoms with van der Waals surface area (Å²) in [6.45, 7) is 4.29. The van der Waals surface area contributed by atoms with Gasteiger partial charge in [-0.25, -0.2) is 4.98 Å². The predicted molar refractivity (Wildman–Crippen MR) is 74.7 cm³/mol. The number of hydrogen-bond donors (Lipinski definition) is 1. The van der Waals surface area contributed by atoms with Crippen LogP contribution in [0.3, 0.4) is 0 Å². The molecule has 1 aromatic rings. The Hall–Kier alpha value is -1.45. The monoisotopic (exact) mass is 278 g/mol. The van der Waals surface area contributed by atoms with Crippen molar-refractivity contribution in [3.05, 3.63) is 11.1 Å². The number of likely N-dealkylation sites (tertiary alicyclic amines) is 1. The molecule has 1 aliphatic heterocycles. The highest BCUT2D eigenvalue weighted by Crippen LogP contribution is 2.24. The van der Waals surface area contributed by atoms with Crippen molar-refractivity contribution in [2.45, 2.75) is 45.2 Å². The van der Waals surface area contributed by atoms with Crippen molar-refractivity contribution >= 4 is 22.4 Å². The number of nitrogens with zero attached hydrogens (tertiary/aromatic N) is 3. The average molecular weight is 278 g/mol. The van der Waals surface area contributed by atoms with Gasteiger partial charge in [0, 0.05) is 23.7 Å². The minimum absolute atomic E-state index is 0.127. The van der Waals surface area contributed by atoms with E-state index in [0.717, 1.165) is 18.0 Å². The lowest BCUT2D eigenvalue weighted by molar-refractivity contribution is -0.115. The van der Waals surface area contributed by atoms with E-state index in [1.165, 1.54) is 30.6 Å². The zero-order chi connectivity index (χ0) is 13.7. The summed E-state index contributed by atoms with van der Waals surface area (Å²) in [5, 5.41) is 11.7. The van der Waals surface area contributed by atoms with Gasteiger partial charge in [0.2, 0.25) is 5.91 Å². The SMILES string of the molecule is CC1CCCCN1Cc1cnc(NC(=O)CC#N)s1. The van der Waals surface area contributed by atoms with Crippen LogP contribution in [0.4, 0.5) is 5.13 Å². The van der Waals surface area contributed by atoms with E-state index < -0.39 is 0 Å². The van der Waals surface area contributed by atoms with E-state index in [-0.39, 0.29) is 12.3 Å². The number of hydrogen-bond acceptors (Lipinski definition) is 5. The standard InChI is InChI=1S/C13H18N4OS/c1-10-4-2-3-7-17(10)9-11-8-15-13(19-11)16-12(18)5-6-14/h8,10H,2-5,7,9H2,1H3,(H,15,16,18). The minimum atomic E-state index is -0.297. The number of nitrogens with one attached hydrogen (secondary N) is 1. The predicted octanol–water partition coefficient (Wildman–Crippen LogP) is 2.37. The Kier molecular flexibility index (Phi) is 4.88. The minimum Gasteiger partial charge on any atom is -0.301 e. The van der Waals surface area contributed by atoms with Crippen molar-refractivity contribution in [1.29, 1.82) is 5.26 Å². The van der Waals surface area contributed by atoms with Crippen LogP contribution >= 0.6 is 11.3 Å². The summed E-state index contributed by atoms with van der Waals surface area (Å²) in [5.74, 6) is -0.297. The number of rotatable bonds is 4. The van der Waals surface area contributed by atoms with Gasteiger partial charge >= 0.3 is 0 Å². The van der Waals surface area contributed by atoms with Gasteiger partial charge in [-0.3, -0.25) is 9.69 Å². The van der Waals surface area contributed by atoms with E-state index in [1.54, 1.807) is 0 Å². The van der Waals surface area contributed by atoms with Crippen molar-refractivity contribution in [3.8, 4) is 6.07 Å². The van der Waals surface area contributed by atoms with Gasteiger partial charge in [-0.15, -0.1) is 11.3 Å². The third kappa shape index (κ3) is 4.01. The van der Waals surface area contributed by atoms with Crippen LogP contribution in [-0.4, -0.2) is 28.4 Å². The normalized spacial score (nSPS) is 19.9. The first kappa shape index (κ1) is 14.0. The molecule has 0 spiro atoms. The zero-order valence-corrected chi connectivity index (χ0v) is 11.9. The summed E-state index contributed by atoms with van der Waals surface area (Å²) in [6.07, 6.45) is 5.52. The fourth-order valence-electron chi connectivity index (χ4n) is 2.27. The number of carbonyl (C=O) groups excluding carboxylic acids is 1. The molecule has 1 saturated heterocycles. The maximum Gasteiger partial charge on any atom is 0.240 e. The van der Waals surface area contributed by atoms with E-state index in [0.29, 0.717) is 11.2 Å². The summed E-state index contributed by atoms with van der Waals surface area (Å²) in [7, 11) is 0. The number of thiazole rings is 1. The molecule has 6 heteroatoms. The van der Waals surface area contributed by atoms with Crippen LogP contribution in [0, 0.1) is 11.3 Å². The average Bonchev–Trinajstić information content (AvgIpc) is 2.80. The highest BCUT2D eigenvalue weighted by Gasteiger charge is 2.19. The molecule has 0 radical (unpaired) electrons. The third-order valence-electron chi connectivity index (χ3n) is 3.34. The first-order valence-corrected chi connectivity index (χ1v) is 7.36. The second-order valence-corrected chi connectivity index (χ2v) is 5.95. The number of amides is 1. The lowest BCUT2D eigenvalue weighted by Gasteiger charge is -2.32. The molecule has 2 rings (SSSR count). The van der Waals surface area contributed by atoms with Crippen LogP contribution in [0.2, 0.25) is 0 Å². The van der Waals surface area contributed by atoms with Gasteiger partial charge in [0.05, 0.1) is 6.07 Å².